The Morgan fingerprint density at radius 1 is 0.917 bits per heavy atom. The van der Waals surface area contributed by atoms with E-state index in [1.54, 1.807) is 0 Å². The van der Waals surface area contributed by atoms with Crippen LogP contribution in [-0.2, 0) is 13.6 Å². The van der Waals surface area contributed by atoms with Gasteiger partial charge in [-0.3, -0.25) is 0 Å². The van der Waals surface area contributed by atoms with Gasteiger partial charge >= 0.3 is 0 Å². The molecule has 2 nitrogen and oxygen atoms in total. The van der Waals surface area contributed by atoms with Crippen molar-refractivity contribution in [3.8, 4) is 0 Å². The minimum atomic E-state index is -0.541. The highest BCUT2D eigenvalue weighted by Gasteiger charge is 2.28. The van der Waals surface area contributed by atoms with E-state index in [-0.39, 0.29) is 17.0 Å². The van der Waals surface area contributed by atoms with Gasteiger partial charge in [-0.15, -0.1) is 0 Å². The first-order valence-corrected chi connectivity index (χ1v) is 9.60. The van der Waals surface area contributed by atoms with E-state index < -0.39 is 7.92 Å². The van der Waals surface area contributed by atoms with Gasteiger partial charge in [0.2, 0.25) is 0 Å². The molecule has 0 N–H and O–H groups in total. The molecule has 4 heteroatoms. The number of rotatable bonds is 6. The van der Waals surface area contributed by atoms with Crippen LogP contribution in [0.5, 0.6) is 0 Å². The second-order valence-electron chi connectivity index (χ2n) is 5.76. The van der Waals surface area contributed by atoms with E-state index in [2.05, 4.69) is 96.2 Å². The van der Waals surface area contributed by atoms with Crippen molar-refractivity contribution in [3.63, 3.8) is 0 Å². The average Bonchev–Trinajstić information content (AvgIpc) is 2.96. The standard InChI is InChI=1S/C20H24N2P.BrH/c1-3-4-15-22-17-16-21(2)20(22)23(18-11-7-5-8-12-18)19-13-9-6-10-14-19;/h5-14,16-17H,3-4,15H2,1-2H3;1H/q+1;/p-1. The zero-order valence-corrected chi connectivity index (χ0v) is 16.7. The van der Waals surface area contributed by atoms with E-state index in [1.807, 2.05) is 0 Å². The fourth-order valence-corrected chi connectivity index (χ4v) is 5.35. The van der Waals surface area contributed by atoms with Gasteiger partial charge in [0.15, 0.2) is 0 Å². The van der Waals surface area contributed by atoms with Gasteiger partial charge in [-0.25, -0.2) is 9.13 Å². The van der Waals surface area contributed by atoms with Crippen molar-refractivity contribution in [1.82, 2.24) is 4.57 Å². The minimum Gasteiger partial charge on any atom is -1.00 e. The number of benzene rings is 2. The molecule has 0 saturated heterocycles. The maximum absolute atomic E-state index is 2.44. The normalized spacial score (nSPS) is 10.6. The molecule has 0 fully saturated rings. The highest BCUT2D eigenvalue weighted by atomic mass is 79.9. The third-order valence-electron chi connectivity index (χ3n) is 4.02. The molecule has 0 spiro atoms. The summed E-state index contributed by atoms with van der Waals surface area (Å²) in [7, 11) is 1.62. The molecule has 0 aliphatic rings. The molecule has 0 aliphatic carbocycles. The van der Waals surface area contributed by atoms with Crippen LogP contribution in [0, 0.1) is 0 Å². The van der Waals surface area contributed by atoms with Crippen molar-refractivity contribution >= 4 is 24.1 Å². The molecule has 0 unspecified atom stereocenters. The van der Waals surface area contributed by atoms with Crippen LogP contribution in [0.3, 0.4) is 0 Å². The fourth-order valence-electron chi connectivity index (χ4n) is 2.84. The Morgan fingerprint density at radius 3 is 1.96 bits per heavy atom. The molecule has 1 heterocycles. The summed E-state index contributed by atoms with van der Waals surface area (Å²) in [6.07, 6.45) is 6.85. The Kier molecular flexibility index (Phi) is 7.20. The summed E-state index contributed by atoms with van der Waals surface area (Å²) in [5.41, 5.74) is 1.41. The van der Waals surface area contributed by atoms with Crippen LogP contribution in [-0.4, -0.2) is 4.57 Å². The van der Waals surface area contributed by atoms with E-state index in [9.17, 15) is 0 Å². The molecule has 24 heavy (non-hydrogen) atoms. The lowest BCUT2D eigenvalue weighted by Crippen LogP contribution is -3.00. The van der Waals surface area contributed by atoms with Crippen molar-refractivity contribution in [2.75, 3.05) is 0 Å². The first kappa shape index (κ1) is 18.9. The smallest absolute Gasteiger partial charge is 0.285 e. The second kappa shape index (κ2) is 9.15. The van der Waals surface area contributed by atoms with E-state index in [4.69, 9.17) is 0 Å². The van der Waals surface area contributed by atoms with Gasteiger partial charge in [0.05, 0.1) is 21.5 Å². The summed E-state index contributed by atoms with van der Waals surface area (Å²) in [6, 6.07) is 21.8. The van der Waals surface area contributed by atoms with E-state index in [1.165, 1.54) is 29.0 Å². The largest absolute Gasteiger partial charge is 1.00 e. The van der Waals surface area contributed by atoms with Crippen LogP contribution in [0.1, 0.15) is 19.8 Å². The molecule has 0 radical (unpaired) electrons. The Hall–Kier alpha value is -1.44. The van der Waals surface area contributed by atoms with Crippen molar-refractivity contribution in [2.45, 2.75) is 26.3 Å². The van der Waals surface area contributed by atoms with Crippen LogP contribution in [0.25, 0.3) is 0 Å². The molecular weight excluding hydrogens is 379 g/mol. The molecule has 0 aliphatic heterocycles. The molecule has 126 valence electrons. The zero-order valence-electron chi connectivity index (χ0n) is 14.3. The first-order chi connectivity index (χ1) is 11.3. The number of hydrogen-bond donors (Lipinski definition) is 0. The average molecular weight is 403 g/mol. The van der Waals surface area contributed by atoms with Crippen LogP contribution in [0.15, 0.2) is 73.1 Å². The molecule has 3 aromatic rings. The monoisotopic (exact) mass is 402 g/mol. The quantitative estimate of drug-likeness (QED) is 0.401. The second-order valence-corrected chi connectivity index (χ2v) is 7.87. The summed E-state index contributed by atoms with van der Waals surface area (Å²) < 4.78 is 4.73. The molecule has 0 bridgehead atoms. The van der Waals surface area contributed by atoms with E-state index >= 15 is 0 Å². The third kappa shape index (κ3) is 4.15. The molecule has 2 aromatic carbocycles. The van der Waals surface area contributed by atoms with Gasteiger partial charge in [-0.1, -0.05) is 74.0 Å². The molecule has 3 rings (SSSR count). The lowest BCUT2D eigenvalue weighted by molar-refractivity contribution is -0.652. The number of nitrogens with zero attached hydrogens (tertiary/aromatic N) is 2. The molecular formula is C20H24BrN2P. The SMILES string of the molecule is CCCCn1cc[n+](C)c1P(c1ccccc1)c1ccccc1.[Br-]. The van der Waals surface area contributed by atoms with Gasteiger partial charge in [-0.2, -0.15) is 0 Å². The summed E-state index contributed by atoms with van der Waals surface area (Å²) >= 11 is 0. The maximum atomic E-state index is 2.44. The van der Waals surface area contributed by atoms with Crippen LogP contribution in [0.4, 0.5) is 0 Å². The predicted molar refractivity (Wildman–Crippen MR) is 99.2 cm³/mol. The Balaban J connectivity index is 0.00000208. The van der Waals surface area contributed by atoms with Gasteiger partial charge < -0.3 is 17.0 Å². The first-order valence-electron chi connectivity index (χ1n) is 8.26. The van der Waals surface area contributed by atoms with Crippen molar-refractivity contribution < 1.29 is 21.5 Å². The van der Waals surface area contributed by atoms with Crippen molar-refractivity contribution in [2.24, 2.45) is 7.05 Å². The lowest BCUT2D eigenvalue weighted by atomic mass is 10.3. The molecule has 0 amide bonds. The number of aromatic nitrogens is 2. The number of imidazole rings is 1. The molecule has 0 atom stereocenters. The summed E-state index contributed by atoms with van der Waals surface area (Å²) in [5, 5.41) is 2.81. The van der Waals surface area contributed by atoms with E-state index in [0.29, 0.717) is 0 Å². The van der Waals surface area contributed by atoms with Gasteiger partial charge in [0.1, 0.15) is 12.4 Å². The zero-order chi connectivity index (χ0) is 16.1. The Labute approximate surface area is 156 Å². The minimum absolute atomic E-state index is 0. The summed E-state index contributed by atoms with van der Waals surface area (Å²) in [4.78, 5) is 0. The number of aryl methyl sites for hydroxylation is 2. The Morgan fingerprint density at radius 2 is 1.46 bits per heavy atom. The fraction of sp³-hybridized carbons (Fsp3) is 0.250. The van der Waals surface area contributed by atoms with Crippen LogP contribution >= 0.6 is 7.92 Å². The van der Waals surface area contributed by atoms with Gasteiger partial charge in [0.25, 0.3) is 5.57 Å². The highest BCUT2D eigenvalue weighted by molar-refractivity contribution is 7.79. The highest BCUT2D eigenvalue weighted by Crippen LogP contribution is 2.31. The molecule has 0 saturated carbocycles. The van der Waals surface area contributed by atoms with Gasteiger partial charge in [0, 0.05) is 0 Å². The topological polar surface area (TPSA) is 8.81 Å². The maximum Gasteiger partial charge on any atom is 0.285 e. The van der Waals surface area contributed by atoms with Crippen LogP contribution < -0.4 is 37.7 Å². The number of hydrogen-bond acceptors (Lipinski definition) is 0. The van der Waals surface area contributed by atoms with Crippen molar-refractivity contribution in [3.05, 3.63) is 73.1 Å². The third-order valence-corrected chi connectivity index (χ3v) is 6.63. The summed E-state index contributed by atoms with van der Waals surface area (Å²) in [5.74, 6) is 0. The van der Waals surface area contributed by atoms with Crippen LogP contribution in [0.2, 0.25) is 0 Å². The summed E-state index contributed by atoms with van der Waals surface area (Å²) in [6.45, 7) is 3.34. The van der Waals surface area contributed by atoms with Gasteiger partial charge in [-0.05, 0) is 17.0 Å². The lowest BCUT2D eigenvalue weighted by Gasteiger charge is -2.16. The van der Waals surface area contributed by atoms with E-state index in [0.717, 1.165) is 6.54 Å². The number of halogens is 1. The Bertz CT molecular complexity index is 701. The van der Waals surface area contributed by atoms with Crippen molar-refractivity contribution in [1.29, 1.82) is 0 Å². The predicted octanol–water partition coefficient (Wildman–Crippen LogP) is -0.125. The number of unbranched alkanes of at least 4 members (excludes halogenated alkanes) is 1. The molecule has 1 aromatic heterocycles.